The molecule has 1 aromatic heterocycles. The van der Waals surface area contributed by atoms with Crippen LogP contribution in [0.1, 0.15) is 22.9 Å². The molecule has 8 heteroatoms. The third kappa shape index (κ3) is 4.06. The van der Waals surface area contributed by atoms with Gasteiger partial charge >= 0.3 is 6.18 Å². The van der Waals surface area contributed by atoms with Crippen LogP contribution in [-0.2, 0) is 6.18 Å². The maximum atomic E-state index is 13.1. The van der Waals surface area contributed by atoms with Crippen LogP contribution in [0.25, 0.3) is 0 Å². The number of alkyl halides is 3. The van der Waals surface area contributed by atoms with E-state index in [1.165, 1.54) is 12.3 Å². The van der Waals surface area contributed by atoms with Crippen molar-refractivity contribution in [2.45, 2.75) is 12.2 Å². The summed E-state index contributed by atoms with van der Waals surface area (Å²) in [4.78, 5) is 2.11. The standard InChI is InChI=1S/C16H16ClF3N2O.ClH/c17-13-4-3-11(10-12(13)16(18,19)20)15(14-2-1-9-23-14)22-7-5-21-6-8-22;/h1-4,9-10,15,21H,5-8H2;1H/t15-;/m1./s1. The molecule has 1 aliphatic rings. The Bertz CT molecular complexity index is 656. The van der Waals surface area contributed by atoms with Crippen molar-refractivity contribution >= 4 is 24.0 Å². The van der Waals surface area contributed by atoms with Gasteiger partial charge in [0.15, 0.2) is 0 Å². The van der Waals surface area contributed by atoms with Gasteiger partial charge in [-0.1, -0.05) is 17.7 Å². The molecular formula is C16H17Cl2F3N2O. The number of furan rings is 1. The predicted octanol–water partition coefficient (Wildman–Crippen LogP) is 4.37. The molecule has 0 aliphatic carbocycles. The van der Waals surface area contributed by atoms with Crippen molar-refractivity contribution in [3.8, 4) is 0 Å². The number of rotatable bonds is 3. The van der Waals surface area contributed by atoms with E-state index in [0.29, 0.717) is 11.3 Å². The van der Waals surface area contributed by atoms with Crippen LogP contribution in [0, 0.1) is 0 Å². The van der Waals surface area contributed by atoms with Gasteiger partial charge in [-0.25, -0.2) is 0 Å². The highest BCUT2D eigenvalue weighted by atomic mass is 35.5. The van der Waals surface area contributed by atoms with Gasteiger partial charge in [-0.15, -0.1) is 12.4 Å². The molecule has 1 atom stereocenters. The summed E-state index contributed by atoms with van der Waals surface area (Å²) < 4.78 is 44.9. The van der Waals surface area contributed by atoms with E-state index in [-0.39, 0.29) is 23.5 Å². The summed E-state index contributed by atoms with van der Waals surface area (Å²) in [5, 5.41) is 2.95. The first kappa shape index (κ1) is 19.1. The first-order valence-electron chi connectivity index (χ1n) is 7.31. The molecule has 0 amide bonds. The highest BCUT2D eigenvalue weighted by Crippen LogP contribution is 2.38. The molecular weight excluding hydrogens is 364 g/mol. The normalized spacial score (nSPS) is 17.3. The van der Waals surface area contributed by atoms with Gasteiger partial charge in [-0.3, -0.25) is 4.90 Å². The molecule has 1 N–H and O–H groups in total. The maximum Gasteiger partial charge on any atom is 0.417 e. The van der Waals surface area contributed by atoms with E-state index in [1.54, 1.807) is 18.2 Å². The SMILES string of the molecule is Cl.FC(F)(F)c1cc([C@H](c2ccco2)N2CCNCC2)ccc1Cl. The number of nitrogens with zero attached hydrogens (tertiary/aromatic N) is 1. The van der Waals surface area contributed by atoms with Crippen molar-refractivity contribution < 1.29 is 17.6 Å². The van der Waals surface area contributed by atoms with Gasteiger partial charge in [0.05, 0.1) is 22.9 Å². The number of piperazine rings is 1. The molecule has 1 saturated heterocycles. The third-order valence-electron chi connectivity index (χ3n) is 3.94. The van der Waals surface area contributed by atoms with Gasteiger partial charge in [0, 0.05) is 26.2 Å². The van der Waals surface area contributed by atoms with Gasteiger partial charge < -0.3 is 9.73 Å². The monoisotopic (exact) mass is 380 g/mol. The first-order valence-corrected chi connectivity index (χ1v) is 7.69. The first-order chi connectivity index (χ1) is 11.0. The van der Waals surface area contributed by atoms with Crippen LogP contribution in [0.3, 0.4) is 0 Å². The van der Waals surface area contributed by atoms with Gasteiger partial charge in [-0.05, 0) is 29.8 Å². The van der Waals surface area contributed by atoms with Crippen molar-refractivity contribution in [3.05, 3.63) is 58.5 Å². The smallest absolute Gasteiger partial charge is 0.417 e. The number of hydrogen-bond donors (Lipinski definition) is 1. The molecule has 1 aliphatic heterocycles. The average Bonchev–Trinajstić information content (AvgIpc) is 3.03. The molecule has 132 valence electrons. The fourth-order valence-corrected chi connectivity index (χ4v) is 3.10. The molecule has 24 heavy (non-hydrogen) atoms. The Morgan fingerprint density at radius 3 is 2.46 bits per heavy atom. The van der Waals surface area contributed by atoms with Crippen molar-refractivity contribution in [3.63, 3.8) is 0 Å². The van der Waals surface area contributed by atoms with Crippen LogP contribution in [0.5, 0.6) is 0 Å². The largest absolute Gasteiger partial charge is 0.467 e. The number of halogens is 5. The minimum atomic E-state index is -4.48. The Hall–Kier alpha value is -1.21. The van der Waals surface area contributed by atoms with Gasteiger partial charge in [0.1, 0.15) is 5.76 Å². The molecule has 2 heterocycles. The second-order valence-corrected chi connectivity index (χ2v) is 5.85. The zero-order valence-electron chi connectivity index (χ0n) is 12.6. The van der Waals surface area contributed by atoms with E-state index in [9.17, 15) is 13.2 Å². The van der Waals surface area contributed by atoms with E-state index in [1.807, 2.05) is 0 Å². The van der Waals surface area contributed by atoms with E-state index >= 15 is 0 Å². The summed E-state index contributed by atoms with van der Waals surface area (Å²) in [5.74, 6) is 0.627. The minimum Gasteiger partial charge on any atom is -0.467 e. The van der Waals surface area contributed by atoms with Crippen molar-refractivity contribution in [2.24, 2.45) is 0 Å². The molecule has 1 aromatic carbocycles. The second kappa shape index (κ2) is 7.78. The van der Waals surface area contributed by atoms with Crippen molar-refractivity contribution in [2.75, 3.05) is 26.2 Å². The number of benzene rings is 1. The summed E-state index contributed by atoms with van der Waals surface area (Å²) in [6.07, 6.45) is -2.95. The zero-order valence-corrected chi connectivity index (χ0v) is 14.2. The Balaban J connectivity index is 0.00000208. The lowest BCUT2D eigenvalue weighted by atomic mass is 9.99. The average molecular weight is 381 g/mol. The summed E-state index contributed by atoms with van der Waals surface area (Å²) in [5.41, 5.74) is -0.290. The van der Waals surface area contributed by atoms with Crippen LogP contribution >= 0.6 is 24.0 Å². The molecule has 2 aromatic rings. The number of nitrogens with one attached hydrogen (secondary N) is 1. The van der Waals surface area contributed by atoms with E-state index in [4.69, 9.17) is 16.0 Å². The second-order valence-electron chi connectivity index (χ2n) is 5.44. The molecule has 3 nitrogen and oxygen atoms in total. The summed E-state index contributed by atoms with van der Waals surface area (Å²) >= 11 is 5.73. The summed E-state index contributed by atoms with van der Waals surface area (Å²) in [6.45, 7) is 3.04. The molecule has 0 unspecified atom stereocenters. The zero-order chi connectivity index (χ0) is 16.4. The van der Waals surface area contributed by atoms with Gasteiger partial charge in [0.2, 0.25) is 0 Å². The van der Waals surface area contributed by atoms with Crippen LogP contribution in [0.15, 0.2) is 41.0 Å². The van der Waals surface area contributed by atoms with E-state index in [2.05, 4.69) is 10.2 Å². The van der Waals surface area contributed by atoms with E-state index in [0.717, 1.165) is 32.2 Å². The quantitative estimate of drug-likeness (QED) is 0.856. The Morgan fingerprint density at radius 1 is 1.17 bits per heavy atom. The molecule has 0 radical (unpaired) electrons. The molecule has 3 rings (SSSR count). The fraction of sp³-hybridized carbons (Fsp3) is 0.375. The van der Waals surface area contributed by atoms with Crippen LogP contribution in [0.2, 0.25) is 5.02 Å². The highest BCUT2D eigenvalue weighted by molar-refractivity contribution is 6.31. The fourth-order valence-electron chi connectivity index (χ4n) is 2.87. The minimum absolute atomic E-state index is 0. The van der Waals surface area contributed by atoms with Crippen LogP contribution in [0.4, 0.5) is 13.2 Å². The summed E-state index contributed by atoms with van der Waals surface area (Å²) in [6, 6.07) is 7.23. The lowest BCUT2D eigenvalue weighted by Crippen LogP contribution is -2.45. The maximum absolute atomic E-state index is 13.1. The molecule has 1 fully saturated rings. The Morgan fingerprint density at radius 2 is 1.88 bits per heavy atom. The van der Waals surface area contributed by atoms with Gasteiger partial charge in [-0.2, -0.15) is 13.2 Å². The third-order valence-corrected chi connectivity index (χ3v) is 4.27. The van der Waals surface area contributed by atoms with Crippen molar-refractivity contribution in [1.82, 2.24) is 10.2 Å². The molecule has 0 spiro atoms. The Kier molecular flexibility index (Phi) is 6.20. The lowest BCUT2D eigenvalue weighted by molar-refractivity contribution is -0.137. The van der Waals surface area contributed by atoms with Crippen LogP contribution < -0.4 is 5.32 Å². The molecule has 0 saturated carbocycles. The summed E-state index contributed by atoms with van der Waals surface area (Å²) in [7, 11) is 0. The van der Waals surface area contributed by atoms with Gasteiger partial charge in [0.25, 0.3) is 0 Å². The van der Waals surface area contributed by atoms with Crippen LogP contribution in [-0.4, -0.2) is 31.1 Å². The molecule has 0 bridgehead atoms. The lowest BCUT2D eigenvalue weighted by Gasteiger charge is -2.34. The predicted molar refractivity (Wildman–Crippen MR) is 88.7 cm³/mol. The topological polar surface area (TPSA) is 28.4 Å². The Labute approximate surface area is 149 Å². The van der Waals surface area contributed by atoms with E-state index < -0.39 is 11.7 Å². The number of hydrogen-bond acceptors (Lipinski definition) is 3. The van der Waals surface area contributed by atoms with Crippen molar-refractivity contribution in [1.29, 1.82) is 0 Å². The highest BCUT2D eigenvalue weighted by Gasteiger charge is 2.35.